The number of benzene rings is 3. The normalized spacial score (nSPS) is 32.6. The van der Waals surface area contributed by atoms with Crippen molar-refractivity contribution in [1.82, 2.24) is 0 Å². The van der Waals surface area contributed by atoms with E-state index in [0.29, 0.717) is 53.7 Å². The lowest BCUT2D eigenvalue weighted by Gasteiger charge is -2.62. The lowest BCUT2D eigenvalue weighted by atomic mass is 9.45. The van der Waals surface area contributed by atoms with E-state index in [1.165, 1.54) is 24.3 Å². The average Bonchev–Trinajstić information content (AvgIpc) is 3.38. The Hall–Kier alpha value is -4.47. The maximum Gasteiger partial charge on any atom is 0.348 e. The molecule has 0 amide bonds. The minimum Gasteiger partial charge on any atom is -0.487 e. The van der Waals surface area contributed by atoms with Crippen molar-refractivity contribution < 1.29 is 43.2 Å². The van der Waals surface area contributed by atoms with Gasteiger partial charge in [0.1, 0.15) is 23.9 Å². The highest BCUT2D eigenvalue weighted by atomic mass is 35.5. The Morgan fingerprint density at radius 1 is 0.980 bits per heavy atom. The predicted octanol–water partition coefficient (Wildman–Crippen LogP) is 8.06. The summed E-state index contributed by atoms with van der Waals surface area (Å²) >= 11 is 6.44. The fourth-order valence-corrected chi connectivity index (χ4v) is 9.40. The Bertz CT molecular complexity index is 1910. The van der Waals surface area contributed by atoms with Gasteiger partial charge in [-0.2, -0.15) is 0 Å². The zero-order chi connectivity index (χ0) is 35.5. The molecule has 0 aromatic heterocycles. The van der Waals surface area contributed by atoms with Crippen molar-refractivity contribution in [3.05, 3.63) is 113 Å². The lowest BCUT2D eigenvalue weighted by molar-refractivity contribution is -0.222. The average molecular weight is 701 g/mol. The van der Waals surface area contributed by atoms with E-state index in [1.54, 1.807) is 50.3 Å². The van der Waals surface area contributed by atoms with E-state index in [0.717, 1.165) is 5.56 Å². The van der Waals surface area contributed by atoms with Crippen LogP contribution in [0, 0.1) is 22.7 Å². The number of alkyl halides is 1. The van der Waals surface area contributed by atoms with Gasteiger partial charge in [0.25, 0.3) is 0 Å². The highest BCUT2D eigenvalue weighted by molar-refractivity contribution is 6.32. The smallest absolute Gasteiger partial charge is 0.348 e. The van der Waals surface area contributed by atoms with Crippen LogP contribution in [0.5, 0.6) is 17.2 Å². The summed E-state index contributed by atoms with van der Waals surface area (Å²) in [6.07, 6.45) is 3.67. The molecule has 4 aliphatic carbocycles. The van der Waals surface area contributed by atoms with Crippen molar-refractivity contribution >= 4 is 29.3 Å². The molecule has 0 saturated heterocycles. The third-order valence-electron chi connectivity index (χ3n) is 11.8. The number of hydrogen-bond donors (Lipinski definition) is 2. The van der Waals surface area contributed by atoms with Crippen molar-refractivity contribution in [1.29, 1.82) is 0 Å². The summed E-state index contributed by atoms with van der Waals surface area (Å²) in [6, 6.07) is 20.8. The van der Waals surface area contributed by atoms with Gasteiger partial charge in [0, 0.05) is 22.8 Å². The van der Waals surface area contributed by atoms with Crippen molar-refractivity contribution in [3.8, 4) is 17.2 Å². The summed E-state index contributed by atoms with van der Waals surface area (Å²) in [5.41, 5.74) is -4.80. The maximum atomic E-state index is 17.4. The van der Waals surface area contributed by atoms with E-state index in [-0.39, 0.29) is 24.2 Å². The molecule has 4 aliphatic rings. The number of carboxylic acid groups (broad SMARTS) is 1. The van der Waals surface area contributed by atoms with Crippen LogP contribution in [-0.2, 0) is 20.9 Å². The van der Waals surface area contributed by atoms with Gasteiger partial charge >= 0.3 is 11.9 Å². The van der Waals surface area contributed by atoms with Crippen molar-refractivity contribution in [2.24, 2.45) is 22.7 Å². The number of halogens is 2. The molecule has 3 aromatic rings. The van der Waals surface area contributed by atoms with Crippen LogP contribution in [0.3, 0.4) is 0 Å². The molecule has 1 unspecified atom stereocenters. The van der Waals surface area contributed by atoms with Crippen molar-refractivity contribution in [2.75, 3.05) is 0 Å². The minimum absolute atomic E-state index is 0.0186. The summed E-state index contributed by atoms with van der Waals surface area (Å²) in [5.74, 6) is -2.22. The van der Waals surface area contributed by atoms with Gasteiger partial charge in [-0.1, -0.05) is 60.5 Å². The molecule has 0 aliphatic heterocycles. The Labute approximate surface area is 294 Å². The van der Waals surface area contributed by atoms with E-state index in [9.17, 15) is 24.6 Å². The molecule has 2 N–H and O–H groups in total. The quantitative estimate of drug-likeness (QED) is 0.227. The van der Waals surface area contributed by atoms with Gasteiger partial charge < -0.3 is 24.4 Å². The number of esters is 1. The standard InChI is InChI=1S/C40H38ClFO8/c1-37-18-16-27(43)20-26(37)10-14-31-30-17-19-39(36(46)47,38(30,2)22-34(44)40(31,37)42)50-35(45)25-8-11-28(12-9-25)49-29-13-15-33(32(41)21-29)48-23-24-6-4-3-5-7-24/h3-9,11-13,15-16,18,20-21,30-31,34,44H,10,14,17,19,22-23H2,1-2H3,(H,46,47)/t30-,31-,34-,37-,38-,39+,40?/m0/s1. The molecule has 3 aromatic carbocycles. The molecule has 0 heterocycles. The van der Waals surface area contributed by atoms with E-state index >= 15 is 4.39 Å². The summed E-state index contributed by atoms with van der Waals surface area (Å²) in [7, 11) is 0. The zero-order valence-electron chi connectivity index (χ0n) is 27.7. The summed E-state index contributed by atoms with van der Waals surface area (Å²) in [5, 5.41) is 22.6. The summed E-state index contributed by atoms with van der Waals surface area (Å²) < 4.78 is 35.2. The molecule has 7 atom stereocenters. The highest BCUT2D eigenvalue weighted by Gasteiger charge is 2.76. The fourth-order valence-electron chi connectivity index (χ4n) is 9.17. The summed E-state index contributed by atoms with van der Waals surface area (Å²) in [4.78, 5) is 38.8. The molecular formula is C40H38ClFO8. The SMILES string of the molecule is C[C@]12C=CC(=O)C=C1CC[C@H]1[C@@H]3CC[C@@](OC(=O)c4ccc(Oc5ccc(OCc6ccccc6)c(Cl)c5)cc4)(C(=O)O)[C@@]3(C)C[C@H](O)C12F. The molecule has 0 radical (unpaired) electrons. The molecule has 50 heavy (non-hydrogen) atoms. The second kappa shape index (κ2) is 12.4. The molecule has 3 fully saturated rings. The molecule has 10 heteroatoms. The Balaban J connectivity index is 1.06. The van der Waals surface area contributed by atoms with E-state index < -0.39 is 52.0 Å². The predicted molar refractivity (Wildman–Crippen MR) is 183 cm³/mol. The number of carbonyl (C=O) groups excluding carboxylic acids is 2. The lowest BCUT2D eigenvalue weighted by Crippen LogP contribution is -2.69. The third-order valence-corrected chi connectivity index (χ3v) is 12.1. The first kappa shape index (κ1) is 34.0. The van der Waals surface area contributed by atoms with Crippen LogP contribution in [0.25, 0.3) is 0 Å². The Morgan fingerprint density at radius 2 is 1.70 bits per heavy atom. The second-order valence-electron chi connectivity index (χ2n) is 14.3. The number of aliphatic hydroxyl groups excluding tert-OH is 1. The van der Waals surface area contributed by atoms with E-state index in [1.807, 2.05) is 30.3 Å². The number of allylic oxidation sites excluding steroid dienone is 4. The Kier molecular flexibility index (Phi) is 8.42. The van der Waals surface area contributed by atoms with Crippen molar-refractivity contribution in [3.63, 3.8) is 0 Å². The number of rotatable bonds is 8. The number of fused-ring (bicyclic) bond motifs is 5. The van der Waals surface area contributed by atoms with Gasteiger partial charge in [0.15, 0.2) is 11.5 Å². The van der Waals surface area contributed by atoms with Crippen LogP contribution in [-0.4, -0.2) is 45.3 Å². The monoisotopic (exact) mass is 700 g/mol. The third kappa shape index (κ3) is 5.24. The summed E-state index contributed by atoms with van der Waals surface area (Å²) in [6.45, 7) is 3.76. The highest BCUT2D eigenvalue weighted by Crippen LogP contribution is 2.70. The number of carbonyl (C=O) groups is 3. The number of ether oxygens (including phenoxy) is 3. The Morgan fingerprint density at radius 3 is 2.40 bits per heavy atom. The first-order valence-electron chi connectivity index (χ1n) is 16.8. The van der Waals surface area contributed by atoms with Gasteiger partial charge in [-0.15, -0.1) is 0 Å². The van der Waals surface area contributed by atoms with Gasteiger partial charge in [-0.05, 0) is 99.1 Å². The van der Waals surface area contributed by atoms with Gasteiger partial charge in [0.05, 0.1) is 16.7 Å². The van der Waals surface area contributed by atoms with Gasteiger partial charge in [-0.3, -0.25) is 4.79 Å². The van der Waals surface area contributed by atoms with Crippen LogP contribution in [0.2, 0.25) is 5.02 Å². The molecule has 8 nitrogen and oxygen atoms in total. The van der Waals surface area contributed by atoms with Crippen LogP contribution < -0.4 is 9.47 Å². The topological polar surface area (TPSA) is 119 Å². The minimum atomic E-state index is -2.12. The number of aliphatic hydroxyl groups is 1. The molecule has 0 spiro atoms. The van der Waals surface area contributed by atoms with E-state index in [2.05, 4.69) is 0 Å². The zero-order valence-corrected chi connectivity index (χ0v) is 28.5. The van der Waals surface area contributed by atoms with Gasteiger partial charge in [-0.25, -0.2) is 14.0 Å². The molecular weight excluding hydrogens is 663 g/mol. The van der Waals surface area contributed by atoms with Crippen LogP contribution in [0.1, 0.15) is 61.9 Å². The van der Waals surface area contributed by atoms with Crippen molar-refractivity contribution in [2.45, 2.75) is 69.9 Å². The van der Waals surface area contributed by atoms with Crippen LogP contribution >= 0.6 is 11.6 Å². The number of hydrogen-bond acceptors (Lipinski definition) is 7. The molecule has 7 rings (SSSR count). The first-order valence-corrected chi connectivity index (χ1v) is 17.2. The molecule has 260 valence electrons. The van der Waals surface area contributed by atoms with Crippen LogP contribution in [0.15, 0.2) is 96.6 Å². The van der Waals surface area contributed by atoms with Crippen LogP contribution in [0.4, 0.5) is 4.39 Å². The first-order chi connectivity index (χ1) is 23.8. The number of aliphatic carboxylic acids is 1. The number of carboxylic acids is 1. The maximum absolute atomic E-state index is 17.4. The van der Waals surface area contributed by atoms with E-state index in [4.69, 9.17) is 25.8 Å². The fraction of sp³-hybridized carbons (Fsp3) is 0.375. The molecule has 3 saturated carbocycles. The molecule has 0 bridgehead atoms. The largest absolute Gasteiger partial charge is 0.487 e. The van der Waals surface area contributed by atoms with Gasteiger partial charge in [0.2, 0.25) is 5.60 Å². The number of ketones is 1. The second-order valence-corrected chi connectivity index (χ2v) is 14.7.